The third kappa shape index (κ3) is 5.95. The number of hydrogen-bond acceptors (Lipinski definition) is 4. The van der Waals surface area contributed by atoms with Crippen molar-refractivity contribution < 1.29 is 9.53 Å². The van der Waals surface area contributed by atoms with Crippen LogP contribution in [0.5, 0.6) is 5.75 Å². The van der Waals surface area contributed by atoms with Crippen LogP contribution < -0.4 is 15.5 Å². The number of rotatable bonds is 8. The second-order valence-electron chi connectivity index (χ2n) is 5.76. The molecule has 0 aromatic heterocycles. The first-order valence-corrected chi connectivity index (χ1v) is 8.42. The zero-order valence-electron chi connectivity index (χ0n) is 15.0. The van der Waals surface area contributed by atoms with E-state index in [2.05, 4.69) is 34.9 Å². The number of aryl methyl sites for hydroxylation is 1. The van der Waals surface area contributed by atoms with Gasteiger partial charge in [-0.3, -0.25) is 4.79 Å². The Morgan fingerprint density at radius 3 is 2.36 bits per heavy atom. The summed E-state index contributed by atoms with van der Waals surface area (Å²) in [6.07, 6.45) is 2.20. The molecule has 0 unspecified atom stereocenters. The molecule has 0 heterocycles. The van der Waals surface area contributed by atoms with E-state index in [0.717, 1.165) is 35.6 Å². The van der Waals surface area contributed by atoms with Crippen molar-refractivity contribution in [3.63, 3.8) is 0 Å². The molecule has 1 amide bonds. The Morgan fingerprint density at radius 2 is 1.76 bits per heavy atom. The van der Waals surface area contributed by atoms with Gasteiger partial charge in [-0.25, -0.2) is 5.43 Å². The van der Waals surface area contributed by atoms with Crippen molar-refractivity contribution in [1.29, 1.82) is 0 Å². The lowest BCUT2D eigenvalue weighted by Gasteiger charge is -2.07. The van der Waals surface area contributed by atoms with Crippen LogP contribution in [0.1, 0.15) is 31.4 Å². The summed E-state index contributed by atoms with van der Waals surface area (Å²) in [5, 5.41) is 7.21. The summed E-state index contributed by atoms with van der Waals surface area (Å²) < 4.78 is 5.10. The molecule has 0 aliphatic carbocycles. The van der Waals surface area contributed by atoms with Crippen LogP contribution in [0.15, 0.2) is 53.6 Å². The van der Waals surface area contributed by atoms with Gasteiger partial charge in [0, 0.05) is 5.69 Å². The molecule has 0 saturated heterocycles. The van der Waals surface area contributed by atoms with Crippen LogP contribution >= 0.6 is 0 Å². The lowest BCUT2D eigenvalue weighted by molar-refractivity contribution is -0.119. The number of carbonyl (C=O) groups excluding carboxylic acids is 1. The first-order chi connectivity index (χ1) is 12.1. The van der Waals surface area contributed by atoms with Crippen molar-refractivity contribution in [1.82, 2.24) is 5.43 Å². The lowest BCUT2D eigenvalue weighted by Crippen LogP contribution is -2.26. The molecule has 5 nitrogen and oxygen atoms in total. The van der Waals surface area contributed by atoms with Gasteiger partial charge in [0.1, 0.15) is 5.75 Å². The van der Waals surface area contributed by atoms with Crippen LogP contribution in [0.3, 0.4) is 0 Å². The van der Waals surface area contributed by atoms with Crippen molar-refractivity contribution in [2.45, 2.75) is 26.7 Å². The molecule has 5 heteroatoms. The number of carbonyl (C=O) groups is 1. The van der Waals surface area contributed by atoms with E-state index in [1.807, 2.05) is 43.3 Å². The van der Waals surface area contributed by atoms with Crippen molar-refractivity contribution in [3.8, 4) is 5.75 Å². The maximum Gasteiger partial charge on any atom is 0.259 e. The number of nitrogens with one attached hydrogen (secondary N) is 2. The first kappa shape index (κ1) is 18.5. The van der Waals surface area contributed by atoms with Crippen LogP contribution in [-0.4, -0.2) is 25.3 Å². The summed E-state index contributed by atoms with van der Waals surface area (Å²) in [5.41, 5.74) is 6.52. The minimum Gasteiger partial charge on any atom is -0.497 e. The van der Waals surface area contributed by atoms with Crippen molar-refractivity contribution in [3.05, 3.63) is 59.7 Å². The lowest BCUT2D eigenvalue weighted by atomic mass is 10.1. The summed E-state index contributed by atoms with van der Waals surface area (Å²) in [4.78, 5) is 11.9. The largest absolute Gasteiger partial charge is 0.497 e. The maximum absolute atomic E-state index is 11.9. The summed E-state index contributed by atoms with van der Waals surface area (Å²) >= 11 is 0. The summed E-state index contributed by atoms with van der Waals surface area (Å²) in [5.74, 6) is 0.581. The fourth-order valence-corrected chi connectivity index (χ4v) is 2.34. The fraction of sp³-hybridized carbons (Fsp3) is 0.300. The fourth-order valence-electron chi connectivity index (χ4n) is 2.34. The van der Waals surface area contributed by atoms with Crippen molar-refractivity contribution >= 4 is 17.3 Å². The molecule has 0 saturated carbocycles. The maximum atomic E-state index is 11.9. The molecule has 0 radical (unpaired) electrons. The van der Waals surface area contributed by atoms with Gasteiger partial charge in [0.25, 0.3) is 5.91 Å². The van der Waals surface area contributed by atoms with Gasteiger partial charge in [0.05, 0.1) is 19.4 Å². The second-order valence-corrected chi connectivity index (χ2v) is 5.76. The first-order valence-electron chi connectivity index (χ1n) is 8.42. The van der Waals surface area contributed by atoms with E-state index >= 15 is 0 Å². The molecule has 25 heavy (non-hydrogen) atoms. The van der Waals surface area contributed by atoms with Crippen LogP contribution in [0, 0.1) is 0 Å². The van der Waals surface area contributed by atoms with Crippen LogP contribution in [0.25, 0.3) is 0 Å². The Labute approximate surface area is 149 Å². The predicted octanol–water partition coefficient (Wildman–Crippen LogP) is 3.60. The molecule has 0 aliphatic rings. The molecule has 2 aromatic carbocycles. The minimum atomic E-state index is -0.197. The number of nitrogens with zero attached hydrogens (tertiary/aromatic N) is 1. The molecule has 2 aromatic rings. The molecule has 0 aliphatic heterocycles. The quantitative estimate of drug-likeness (QED) is 0.570. The standard InChI is InChI=1S/C20H25N3O2/c1-4-5-16-6-8-17(9-7-16)15(2)22-23-20(24)14-21-18-10-12-19(25-3)13-11-18/h6-13,21H,4-5,14H2,1-3H3,(H,23,24)/b22-15-. The molecule has 0 spiro atoms. The van der Waals surface area contributed by atoms with Gasteiger partial charge in [-0.1, -0.05) is 37.6 Å². The van der Waals surface area contributed by atoms with Gasteiger partial charge in [-0.15, -0.1) is 0 Å². The van der Waals surface area contributed by atoms with Crippen LogP contribution in [-0.2, 0) is 11.2 Å². The smallest absolute Gasteiger partial charge is 0.259 e. The number of benzene rings is 2. The SMILES string of the molecule is CCCc1ccc(/C(C)=N\NC(=O)CNc2ccc(OC)cc2)cc1. The normalized spacial score (nSPS) is 11.1. The topological polar surface area (TPSA) is 62.7 Å². The predicted molar refractivity (Wildman–Crippen MR) is 102 cm³/mol. The molecule has 2 N–H and O–H groups in total. The summed E-state index contributed by atoms with van der Waals surface area (Å²) in [7, 11) is 1.62. The number of methoxy groups -OCH3 is 1. The number of anilines is 1. The molecule has 2 rings (SSSR count). The third-order valence-electron chi connectivity index (χ3n) is 3.80. The highest BCUT2D eigenvalue weighted by Crippen LogP contribution is 2.14. The number of hydrogen-bond donors (Lipinski definition) is 2. The molecule has 0 fully saturated rings. The highest BCUT2D eigenvalue weighted by atomic mass is 16.5. The monoisotopic (exact) mass is 339 g/mol. The number of amides is 1. The van der Waals surface area contributed by atoms with E-state index in [1.165, 1.54) is 5.56 Å². The summed E-state index contributed by atoms with van der Waals surface area (Å²) in [6, 6.07) is 15.7. The molecule has 0 atom stereocenters. The van der Waals surface area contributed by atoms with E-state index in [4.69, 9.17) is 4.74 Å². The third-order valence-corrected chi connectivity index (χ3v) is 3.80. The van der Waals surface area contributed by atoms with Crippen LogP contribution in [0.4, 0.5) is 5.69 Å². The van der Waals surface area contributed by atoms with E-state index in [0.29, 0.717) is 0 Å². The zero-order valence-corrected chi connectivity index (χ0v) is 15.0. The van der Waals surface area contributed by atoms with Gasteiger partial charge in [-0.2, -0.15) is 5.10 Å². The van der Waals surface area contributed by atoms with Gasteiger partial charge in [-0.05, 0) is 48.7 Å². The van der Waals surface area contributed by atoms with E-state index in [9.17, 15) is 4.79 Å². The molecular weight excluding hydrogens is 314 g/mol. The van der Waals surface area contributed by atoms with Gasteiger partial charge in [0.2, 0.25) is 0 Å². The average molecular weight is 339 g/mol. The van der Waals surface area contributed by atoms with E-state index in [-0.39, 0.29) is 12.5 Å². The molecule has 0 bridgehead atoms. The zero-order chi connectivity index (χ0) is 18.1. The Kier molecular flexibility index (Phi) is 7.01. The van der Waals surface area contributed by atoms with E-state index in [1.54, 1.807) is 7.11 Å². The minimum absolute atomic E-state index is 0.151. The Morgan fingerprint density at radius 1 is 1.08 bits per heavy atom. The summed E-state index contributed by atoms with van der Waals surface area (Å²) in [6.45, 7) is 4.20. The van der Waals surface area contributed by atoms with Crippen molar-refractivity contribution in [2.75, 3.05) is 19.0 Å². The Hall–Kier alpha value is -2.82. The van der Waals surface area contributed by atoms with Gasteiger partial charge < -0.3 is 10.1 Å². The van der Waals surface area contributed by atoms with Crippen molar-refractivity contribution in [2.24, 2.45) is 5.10 Å². The van der Waals surface area contributed by atoms with E-state index < -0.39 is 0 Å². The average Bonchev–Trinajstić information content (AvgIpc) is 2.65. The molecular formula is C20H25N3O2. The van der Waals surface area contributed by atoms with Crippen LogP contribution in [0.2, 0.25) is 0 Å². The van der Waals surface area contributed by atoms with Gasteiger partial charge >= 0.3 is 0 Å². The Balaban J connectivity index is 1.83. The second kappa shape index (κ2) is 9.47. The number of hydrazone groups is 1. The highest BCUT2D eigenvalue weighted by molar-refractivity contribution is 5.99. The Bertz CT molecular complexity index is 707. The highest BCUT2D eigenvalue weighted by Gasteiger charge is 2.02. The van der Waals surface area contributed by atoms with Gasteiger partial charge in [0.15, 0.2) is 0 Å². The number of ether oxygens (including phenoxy) is 1. The molecule has 132 valence electrons.